The summed E-state index contributed by atoms with van der Waals surface area (Å²) in [4.78, 5) is 27.7. The van der Waals surface area contributed by atoms with E-state index < -0.39 is 5.92 Å². The Kier molecular flexibility index (Phi) is 7.68. The molecule has 8 nitrogen and oxygen atoms in total. The second-order valence-electron chi connectivity index (χ2n) is 10.2. The number of allylic oxidation sites excluding steroid dienone is 3. The van der Waals surface area contributed by atoms with E-state index in [0.29, 0.717) is 49.9 Å². The molecule has 0 spiro atoms. The van der Waals surface area contributed by atoms with Crippen LogP contribution < -0.4 is 16.0 Å². The minimum absolute atomic E-state index is 0.0527. The summed E-state index contributed by atoms with van der Waals surface area (Å²) in [5.41, 5.74) is 8.94. The Morgan fingerprint density at radius 2 is 2.02 bits per heavy atom. The van der Waals surface area contributed by atoms with E-state index >= 15 is 0 Å². The van der Waals surface area contributed by atoms with Gasteiger partial charge in [0.1, 0.15) is 11.6 Å². The Hall–Kier alpha value is -3.72. The number of carbonyl (C=O) groups is 2. The monoisotopic (exact) mass is 594 g/mol. The predicted octanol–water partition coefficient (Wildman–Crippen LogP) is 6.00. The first-order chi connectivity index (χ1) is 19.1. The van der Waals surface area contributed by atoms with Crippen molar-refractivity contribution in [2.24, 2.45) is 11.1 Å². The minimum Gasteiger partial charge on any atom is -0.384 e. The number of nitriles is 1. The lowest BCUT2D eigenvalue weighted by atomic mass is 9.69. The minimum atomic E-state index is -0.643. The summed E-state index contributed by atoms with van der Waals surface area (Å²) in [6, 6.07) is 14.8. The first kappa shape index (κ1) is 27.8. The Morgan fingerprint density at radius 3 is 2.73 bits per heavy atom. The smallest absolute Gasteiger partial charge is 0.234 e. The van der Waals surface area contributed by atoms with Crippen LogP contribution in [0.5, 0.6) is 0 Å². The molecular weight excluding hydrogens is 571 g/mol. The lowest BCUT2D eigenvalue weighted by Gasteiger charge is -2.42. The number of nitrogens with two attached hydrogens (primary N) is 1. The normalized spacial score (nSPS) is 18.4. The number of ketones is 1. The van der Waals surface area contributed by atoms with Crippen molar-refractivity contribution in [1.29, 1.82) is 5.26 Å². The highest BCUT2D eigenvalue weighted by Gasteiger charge is 2.45. The summed E-state index contributed by atoms with van der Waals surface area (Å²) < 4.78 is 13.6. The van der Waals surface area contributed by atoms with Crippen LogP contribution in [0.1, 0.15) is 38.2 Å². The van der Waals surface area contributed by atoms with E-state index in [2.05, 4.69) is 21.6 Å². The number of nitrogens with zero attached hydrogens (tertiary/aromatic N) is 4. The van der Waals surface area contributed by atoms with Gasteiger partial charge in [-0.1, -0.05) is 60.7 Å². The highest BCUT2D eigenvalue weighted by Crippen LogP contribution is 2.50. The zero-order valence-electron chi connectivity index (χ0n) is 21.6. The topological polar surface area (TPSA) is 125 Å². The molecule has 0 saturated heterocycles. The van der Waals surface area contributed by atoms with E-state index in [0.717, 1.165) is 0 Å². The number of Topliss-reactive ketones (excluding diaryl/α,β-unsaturated/α-hetero) is 1. The summed E-state index contributed by atoms with van der Waals surface area (Å²) in [5.74, 6) is -1.14. The zero-order chi connectivity index (χ0) is 28.6. The second kappa shape index (κ2) is 11.0. The van der Waals surface area contributed by atoms with Crippen molar-refractivity contribution in [2.75, 3.05) is 16.0 Å². The lowest BCUT2D eigenvalue weighted by molar-refractivity contribution is -0.118. The molecule has 3 aromatic rings. The van der Waals surface area contributed by atoms with Crippen LogP contribution >= 0.6 is 34.7 Å². The van der Waals surface area contributed by atoms with Crippen LogP contribution in [0.15, 0.2) is 75.5 Å². The maximum Gasteiger partial charge on any atom is 0.234 e. The first-order valence-corrected chi connectivity index (χ1v) is 14.5. The third kappa shape index (κ3) is 5.61. The van der Waals surface area contributed by atoms with Crippen LogP contribution in [0.25, 0.3) is 0 Å². The molecule has 2 aliphatic rings. The molecule has 2 heterocycles. The number of anilines is 2. The van der Waals surface area contributed by atoms with Crippen LogP contribution in [0, 0.1) is 22.6 Å². The van der Waals surface area contributed by atoms with E-state index in [4.69, 9.17) is 17.3 Å². The number of amides is 1. The zero-order valence-corrected chi connectivity index (χ0v) is 24.0. The van der Waals surface area contributed by atoms with Gasteiger partial charge in [-0.05, 0) is 53.8 Å². The summed E-state index contributed by atoms with van der Waals surface area (Å²) >= 11 is 8.67. The Balaban J connectivity index is 1.46. The van der Waals surface area contributed by atoms with Gasteiger partial charge in [0.2, 0.25) is 11.0 Å². The van der Waals surface area contributed by atoms with Gasteiger partial charge in [-0.3, -0.25) is 14.5 Å². The molecular formula is C28H24ClFN6O2S2. The van der Waals surface area contributed by atoms with Crippen LogP contribution in [0.2, 0.25) is 5.02 Å². The maximum atomic E-state index is 13.6. The lowest BCUT2D eigenvalue weighted by Crippen LogP contribution is -2.42. The number of hydrogen-bond donors (Lipinski definition) is 2. The third-order valence-electron chi connectivity index (χ3n) is 6.60. The van der Waals surface area contributed by atoms with Gasteiger partial charge in [0.25, 0.3) is 0 Å². The number of benzene rings is 2. The molecule has 204 valence electrons. The molecule has 2 aromatic carbocycles. The third-order valence-corrected chi connectivity index (χ3v) is 8.88. The van der Waals surface area contributed by atoms with Gasteiger partial charge < -0.3 is 11.1 Å². The molecule has 0 radical (unpaired) electrons. The van der Waals surface area contributed by atoms with Crippen LogP contribution in [-0.4, -0.2) is 27.6 Å². The van der Waals surface area contributed by atoms with Gasteiger partial charge in [0.15, 0.2) is 10.1 Å². The molecule has 1 aliphatic heterocycles. The van der Waals surface area contributed by atoms with Gasteiger partial charge in [0, 0.05) is 28.4 Å². The quantitative estimate of drug-likeness (QED) is 0.333. The average Bonchev–Trinajstić information content (AvgIpc) is 3.36. The largest absolute Gasteiger partial charge is 0.384 e. The fourth-order valence-electron chi connectivity index (χ4n) is 4.96. The van der Waals surface area contributed by atoms with Crippen molar-refractivity contribution >= 4 is 57.2 Å². The van der Waals surface area contributed by atoms with Crippen molar-refractivity contribution in [1.82, 2.24) is 10.2 Å². The van der Waals surface area contributed by atoms with Crippen molar-refractivity contribution < 1.29 is 14.0 Å². The molecule has 1 amide bonds. The second-order valence-corrected chi connectivity index (χ2v) is 12.8. The number of aromatic nitrogens is 2. The maximum absolute atomic E-state index is 13.6. The highest BCUT2D eigenvalue weighted by molar-refractivity contribution is 8.01. The molecule has 0 bridgehead atoms. The molecule has 1 aromatic heterocycles. The van der Waals surface area contributed by atoms with E-state index in [1.54, 1.807) is 23.1 Å². The van der Waals surface area contributed by atoms with Gasteiger partial charge in [-0.15, -0.1) is 10.2 Å². The van der Waals surface area contributed by atoms with Crippen LogP contribution in [0.3, 0.4) is 0 Å². The standard InChI is InChI=1S/C28H24ClFN6O2S2/c1-28(2)11-20-24(21(37)12-28)23(15-4-3-5-16(29)10-15)19(13-31)25(32)36(20)26-34-35-27(40-26)39-14-22(38)33-18-8-6-17(30)7-9-18/h3-10,23H,11-12,14,32H2,1-2H3,(H,33,38). The predicted molar refractivity (Wildman–Crippen MR) is 154 cm³/mol. The summed E-state index contributed by atoms with van der Waals surface area (Å²) in [5, 5.41) is 22.4. The fourth-order valence-corrected chi connectivity index (χ4v) is 6.84. The molecule has 0 fully saturated rings. The van der Waals surface area contributed by atoms with Gasteiger partial charge >= 0.3 is 0 Å². The first-order valence-electron chi connectivity index (χ1n) is 12.3. The SMILES string of the molecule is CC1(C)CC(=O)C2=C(C1)N(c1nnc(SCC(=O)Nc3ccc(F)cc3)s1)C(N)=C(C#N)C2c1cccc(Cl)c1. The van der Waals surface area contributed by atoms with E-state index in [-0.39, 0.29) is 40.1 Å². The molecule has 1 unspecified atom stereocenters. The highest BCUT2D eigenvalue weighted by atomic mass is 35.5. The summed E-state index contributed by atoms with van der Waals surface area (Å²) in [6.07, 6.45) is 0.864. The number of thioether (sulfide) groups is 1. The number of hydrogen-bond acceptors (Lipinski definition) is 9. The van der Waals surface area contributed by atoms with Crippen molar-refractivity contribution in [3.05, 3.63) is 87.6 Å². The number of rotatable bonds is 6. The molecule has 12 heteroatoms. The van der Waals surface area contributed by atoms with Gasteiger partial charge in [0.05, 0.1) is 23.3 Å². The molecule has 5 rings (SSSR count). The molecule has 1 aliphatic carbocycles. The number of halogens is 2. The van der Waals surface area contributed by atoms with Gasteiger partial charge in [-0.2, -0.15) is 5.26 Å². The molecule has 3 N–H and O–H groups in total. The van der Waals surface area contributed by atoms with E-state index in [9.17, 15) is 19.2 Å². The molecule has 0 saturated carbocycles. The van der Waals surface area contributed by atoms with Crippen LogP contribution in [-0.2, 0) is 9.59 Å². The fraction of sp³-hybridized carbons (Fsp3) is 0.250. The summed E-state index contributed by atoms with van der Waals surface area (Å²) in [7, 11) is 0. The Labute approximate surface area is 243 Å². The Morgan fingerprint density at radius 1 is 1.27 bits per heavy atom. The van der Waals surface area contributed by atoms with E-state index in [1.807, 2.05) is 19.9 Å². The average molecular weight is 595 g/mol. The molecule has 40 heavy (non-hydrogen) atoms. The van der Waals surface area contributed by atoms with E-state index in [1.165, 1.54) is 47.4 Å². The summed E-state index contributed by atoms with van der Waals surface area (Å²) in [6.45, 7) is 4.03. The number of carbonyl (C=O) groups excluding carboxylic acids is 2. The molecule has 1 atom stereocenters. The number of nitrogens with one attached hydrogen (secondary N) is 1. The van der Waals surface area contributed by atoms with Crippen molar-refractivity contribution in [2.45, 2.75) is 36.9 Å². The Bertz CT molecular complexity index is 1610. The van der Waals surface area contributed by atoms with Crippen molar-refractivity contribution in [3.8, 4) is 6.07 Å². The van der Waals surface area contributed by atoms with Crippen molar-refractivity contribution in [3.63, 3.8) is 0 Å². The van der Waals surface area contributed by atoms with Gasteiger partial charge in [-0.25, -0.2) is 4.39 Å². The van der Waals surface area contributed by atoms with Crippen LogP contribution in [0.4, 0.5) is 15.2 Å².